The van der Waals surface area contributed by atoms with Gasteiger partial charge >= 0.3 is 0 Å². The molecule has 5 heteroatoms. The second kappa shape index (κ2) is 6.48. The van der Waals surface area contributed by atoms with Gasteiger partial charge in [0, 0.05) is 13.2 Å². The van der Waals surface area contributed by atoms with Crippen LogP contribution in [-0.4, -0.2) is 18.3 Å². The summed E-state index contributed by atoms with van der Waals surface area (Å²) < 4.78 is 27.1. The normalized spacial score (nSPS) is 11.2. The van der Waals surface area contributed by atoms with E-state index in [1.807, 2.05) is 13.8 Å². The van der Waals surface area contributed by atoms with Crippen molar-refractivity contribution in [2.45, 2.75) is 26.7 Å². The van der Waals surface area contributed by atoms with Gasteiger partial charge < -0.3 is 10.4 Å². The number of nitrogens with zero attached hydrogens (tertiary/aromatic N) is 1. The number of rotatable bonds is 6. The van der Waals surface area contributed by atoms with E-state index in [-0.39, 0.29) is 23.3 Å². The number of halogens is 2. The first-order valence-electron chi connectivity index (χ1n) is 6.14. The fourth-order valence-electron chi connectivity index (χ4n) is 1.75. The summed E-state index contributed by atoms with van der Waals surface area (Å²) in [6.07, 6.45) is 1.44. The molecule has 0 aliphatic rings. The number of hydrogen-bond acceptors (Lipinski definition) is 3. The van der Waals surface area contributed by atoms with Crippen molar-refractivity contribution in [2.24, 2.45) is 5.41 Å². The van der Waals surface area contributed by atoms with Crippen molar-refractivity contribution < 1.29 is 13.9 Å². The van der Waals surface area contributed by atoms with E-state index in [9.17, 15) is 8.78 Å². The summed E-state index contributed by atoms with van der Waals surface area (Å²) in [5, 5.41) is 20.2. The predicted molar refractivity (Wildman–Crippen MR) is 69.7 cm³/mol. The number of anilines is 1. The third-order valence-electron chi connectivity index (χ3n) is 2.97. The number of aliphatic hydroxyl groups excluding tert-OH is 1. The second-order valence-electron chi connectivity index (χ2n) is 5.25. The van der Waals surface area contributed by atoms with Crippen molar-refractivity contribution in [2.75, 3.05) is 18.5 Å². The molecule has 0 amide bonds. The molecule has 104 valence electrons. The van der Waals surface area contributed by atoms with E-state index in [2.05, 4.69) is 5.32 Å². The molecule has 3 nitrogen and oxygen atoms in total. The molecule has 0 fully saturated rings. The predicted octanol–water partition coefficient (Wildman–Crippen LogP) is 3.05. The standard InChI is InChI=1S/C14H18F2N2O/c1-14(2,6-3-7-19)9-18-11-5-4-10(8-17)12(15)13(11)16/h4-5,18-19H,3,6-7,9H2,1-2H3. The fourth-order valence-corrected chi connectivity index (χ4v) is 1.75. The number of aliphatic hydroxyl groups is 1. The van der Waals surface area contributed by atoms with Crippen LogP contribution < -0.4 is 5.32 Å². The Balaban J connectivity index is 2.74. The highest BCUT2D eigenvalue weighted by Crippen LogP contribution is 2.25. The van der Waals surface area contributed by atoms with Crippen LogP contribution in [-0.2, 0) is 0 Å². The summed E-state index contributed by atoms with van der Waals surface area (Å²) >= 11 is 0. The Labute approximate surface area is 111 Å². The van der Waals surface area contributed by atoms with E-state index in [4.69, 9.17) is 10.4 Å². The van der Waals surface area contributed by atoms with Crippen molar-refractivity contribution in [1.29, 1.82) is 5.26 Å². The molecule has 0 aliphatic heterocycles. The summed E-state index contributed by atoms with van der Waals surface area (Å²) in [6.45, 7) is 4.53. The van der Waals surface area contributed by atoms with Crippen LogP contribution in [0, 0.1) is 28.4 Å². The van der Waals surface area contributed by atoms with E-state index in [0.717, 1.165) is 6.42 Å². The maximum absolute atomic E-state index is 13.6. The number of benzene rings is 1. The van der Waals surface area contributed by atoms with Crippen LogP contribution in [0.1, 0.15) is 32.3 Å². The molecular weight excluding hydrogens is 250 g/mol. The Hall–Kier alpha value is -1.67. The minimum absolute atomic E-state index is 0.0496. The molecule has 0 unspecified atom stereocenters. The van der Waals surface area contributed by atoms with Gasteiger partial charge in [0.2, 0.25) is 0 Å². The molecule has 2 N–H and O–H groups in total. The third kappa shape index (κ3) is 4.18. The van der Waals surface area contributed by atoms with Crippen molar-refractivity contribution >= 4 is 5.69 Å². The average Bonchev–Trinajstić information content (AvgIpc) is 2.38. The van der Waals surface area contributed by atoms with Gasteiger partial charge in [-0.05, 0) is 30.4 Å². The Morgan fingerprint density at radius 2 is 2.00 bits per heavy atom. The van der Waals surface area contributed by atoms with Gasteiger partial charge in [-0.3, -0.25) is 0 Å². The second-order valence-corrected chi connectivity index (χ2v) is 5.25. The smallest absolute Gasteiger partial charge is 0.183 e. The molecule has 0 saturated heterocycles. The van der Waals surface area contributed by atoms with Gasteiger partial charge in [0.25, 0.3) is 0 Å². The van der Waals surface area contributed by atoms with Crippen LogP contribution in [0.2, 0.25) is 0 Å². The summed E-state index contributed by atoms with van der Waals surface area (Å²) in [5.74, 6) is -2.15. The number of nitriles is 1. The largest absolute Gasteiger partial charge is 0.396 e. The van der Waals surface area contributed by atoms with E-state index in [1.54, 1.807) is 6.07 Å². The third-order valence-corrected chi connectivity index (χ3v) is 2.97. The molecule has 0 spiro atoms. The highest BCUT2D eigenvalue weighted by atomic mass is 19.2. The highest BCUT2D eigenvalue weighted by molar-refractivity contribution is 5.49. The van der Waals surface area contributed by atoms with Crippen molar-refractivity contribution in [1.82, 2.24) is 0 Å². The lowest BCUT2D eigenvalue weighted by Gasteiger charge is -2.25. The average molecular weight is 268 g/mol. The molecule has 1 aromatic rings. The highest BCUT2D eigenvalue weighted by Gasteiger charge is 2.19. The topological polar surface area (TPSA) is 56.0 Å². The first-order chi connectivity index (χ1) is 8.91. The zero-order chi connectivity index (χ0) is 14.5. The number of hydrogen-bond donors (Lipinski definition) is 2. The van der Waals surface area contributed by atoms with Crippen LogP contribution >= 0.6 is 0 Å². The van der Waals surface area contributed by atoms with Gasteiger partial charge in [-0.1, -0.05) is 13.8 Å². The van der Waals surface area contributed by atoms with Gasteiger partial charge in [0.1, 0.15) is 6.07 Å². The monoisotopic (exact) mass is 268 g/mol. The molecule has 0 aromatic heterocycles. The molecule has 0 atom stereocenters. The van der Waals surface area contributed by atoms with Gasteiger partial charge in [0.05, 0.1) is 11.3 Å². The van der Waals surface area contributed by atoms with Crippen molar-refractivity contribution in [3.8, 4) is 6.07 Å². The summed E-state index contributed by atoms with van der Waals surface area (Å²) in [6, 6.07) is 4.20. The van der Waals surface area contributed by atoms with E-state index >= 15 is 0 Å². The molecule has 0 radical (unpaired) electrons. The lowest BCUT2D eigenvalue weighted by atomic mass is 9.88. The van der Waals surface area contributed by atoms with Crippen LogP contribution in [0.4, 0.5) is 14.5 Å². The van der Waals surface area contributed by atoms with Gasteiger partial charge in [0.15, 0.2) is 11.6 Å². The molecule has 19 heavy (non-hydrogen) atoms. The van der Waals surface area contributed by atoms with E-state index < -0.39 is 11.6 Å². The molecule has 1 aromatic carbocycles. The Morgan fingerprint density at radius 3 is 2.58 bits per heavy atom. The van der Waals surface area contributed by atoms with Crippen molar-refractivity contribution in [3.63, 3.8) is 0 Å². The number of nitrogens with one attached hydrogen (secondary N) is 1. The van der Waals surface area contributed by atoms with Crippen molar-refractivity contribution in [3.05, 3.63) is 29.3 Å². The minimum Gasteiger partial charge on any atom is -0.396 e. The lowest BCUT2D eigenvalue weighted by Crippen LogP contribution is -2.24. The SMILES string of the molecule is CC(C)(CCCO)CNc1ccc(C#N)c(F)c1F. The first-order valence-corrected chi connectivity index (χ1v) is 6.14. The molecule has 0 saturated carbocycles. The summed E-state index contributed by atoms with van der Waals surface area (Å²) in [5.41, 5.74) is -0.393. The zero-order valence-electron chi connectivity index (χ0n) is 11.1. The Morgan fingerprint density at radius 1 is 1.32 bits per heavy atom. The quantitative estimate of drug-likeness (QED) is 0.833. The maximum atomic E-state index is 13.6. The molecule has 1 rings (SSSR count). The molecule has 0 heterocycles. The minimum atomic E-state index is -1.12. The van der Waals surface area contributed by atoms with Gasteiger partial charge in [-0.15, -0.1) is 0 Å². The Kier molecular flexibility index (Phi) is 5.25. The first kappa shape index (κ1) is 15.4. The van der Waals surface area contributed by atoms with Gasteiger partial charge in [-0.2, -0.15) is 5.26 Å². The van der Waals surface area contributed by atoms with Crippen LogP contribution in [0.5, 0.6) is 0 Å². The van der Waals surface area contributed by atoms with E-state index in [1.165, 1.54) is 12.1 Å². The molecular formula is C14H18F2N2O. The molecule has 0 aliphatic carbocycles. The fraction of sp³-hybridized carbons (Fsp3) is 0.500. The zero-order valence-corrected chi connectivity index (χ0v) is 11.1. The van der Waals surface area contributed by atoms with Crippen LogP contribution in [0.25, 0.3) is 0 Å². The Bertz CT molecular complexity index is 481. The van der Waals surface area contributed by atoms with E-state index in [0.29, 0.717) is 13.0 Å². The summed E-state index contributed by atoms with van der Waals surface area (Å²) in [7, 11) is 0. The van der Waals surface area contributed by atoms with Gasteiger partial charge in [-0.25, -0.2) is 8.78 Å². The molecule has 0 bridgehead atoms. The summed E-state index contributed by atoms with van der Waals surface area (Å²) in [4.78, 5) is 0. The lowest BCUT2D eigenvalue weighted by molar-refractivity contribution is 0.248. The van der Waals surface area contributed by atoms with Crippen LogP contribution in [0.3, 0.4) is 0 Å². The van der Waals surface area contributed by atoms with Crippen LogP contribution in [0.15, 0.2) is 12.1 Å². The maximum Gasteiger partial charge on any atom is 0.183 e.